The lowest BCUT2D eigenvalue weighted by Gasteiger charge is -2.06. The number of ether oxygens (including phenoxy) is 2. The lowest BCUT2D eigenvalue weighted by molar-refractivity contribution is -0.151. The summed E-state index contributed by atoms with van der Waals surface area (Å²) >= 11 is 0. The van der Waals surface area contributed by atoms with Crippen LogP contribution in [0.5, 0.6) is 0 Å². The van der Waals surface area contributed by atoms with Crippen molar-refractivity contribution in [3.8, 4) is 0 Å². The summed E-state index contributed by atoms with van der Waals surface area (Å²) in [6.07, 6.45) is -0.540. The molecule has 0 rings (SSSR count). The largest absolute Gasteiger partial charge is 0.506 e. The smallest absolute Gasteiger partial charge is 0.469 e. The molecule has 0 aromatic carbocycles. The second-order valence-corrected chi connectivity index (χ2v) is 3.60. The van der Waals surface area contributed by atoms with Crippen LogP contribution in [0.2, 0.25) is 0 Å². The van der Waals surface area contributed by atoms with E-state index in [9.17, 15) is 14.2 Å². The van der Waals surface area contributed by atoms with Gasteiger partial charge < -0.3 is 9.47 Å². The lowest BCUT2D eigenvalue weighted by Crippen LogP contribution is -2.22. The van der Waals surface area contributed by atoms with Crippen molar-refractivity contribution in [2.75, 3.05) is 20.4 Å². The Morgan fingerprint density at radius 1 is 1.36 bits per heavy atom. The van der Waals surface area contributed by atoms with Crippen LogP contribution in [-0.2, 0) is 23.6 Å². The molecule has 0 amide bonds. The van der Waals surface area contributed by atoms with Crippen LogP contribution in [0.1, 0.15) is 6.42 Å². The number of rotatable bonds is 5. The van der Waals surface area contributed by atoms with Gasteiger partial charge in [-0.15, -0.1) is 0 Å². The first-order valence-electron chi connectivity index (χ1n) is 3.79. The van der Waals surface area contributed by atoms with Crippen molar-refractivity contribution >= 4 is 20.0 Å². The van der Waals surface area contributed by atoms with E-state index in [1.807, 2.05) is 0 Å². The minimum atomic E-state index is -2.47. The number of carbonyl (C=O) groups is 2. The van der Waals surface area contributed by atoms with Gasteiger partial charge in [-0.25, -0.2) is 0 Å². The molecule has 0 aromatic rings. The lowest BCUT2D eigenvalue weighted by atomic mass is 10.1. The normalized spacial score (nSPS) is 12.9. The maximum Gasteiger partial charge on any atom is 0.506 e. The molecular weight excluding hydrogens is 211 g/mol. The molecule has 0 aliphatic rings. The molecule has 7 heteroatoms. The Hall–Kier alpha value is -1.00. The van der Waals surface area contributed by atoms with Gasteiger partial charge in [0.25, 0.3) is 0 Å². The maximum absolute atomic E-state index is 11.0. The molecule has 1 N–H and O–H groups in total. The Morgan fingerprint density at radius 3 is 2.29 bits per heavy atom. The fourth-order valence-corrected chi connectivity index (χ4v) is 1.52. The van der Waals surface area contributed by atoms with Crippen LogP contribution in [0.4, 0.5) is 0 Å². The molecule has 0 aliphatic carbocycles. The quantitative estimate of drug-likeness (QED) is 0.524. The van der Waals surface area contributed by atoms with Crippen molar-refractivity contribution in [3.05, 3.63) is 0 Å². The molecule has 0 saturated carbocycles. The molecule has 6 nitrogen and oxygen atoms in total. The third-order valence-corrected chi connectivity index (χ3v) is 2.30. The third-order valence-electron chi connectivity index (χ3n) is 1.55. The highest BCUT2D eigenvalue weighted by atomic mass is 31.1. The topological polar surface area (TPSA) is 89.9 Å². The molecule has 14 heavy (non-hydrogen) atoms. The van der Waals surface area contributed by atoms with Crippen LogP contribution in [0.3, 0.4) is 0 Å². The predicted octanol–water partition coefficient (Wildman–Crippen LogP) is 0.0734. The summed E-state index contributed by atoms with van der Waals surface area (Å²) in [5.41, 5.74) is 0. The summed E-state index contributed by atoms with van der Waals surface area (Å²) < 4.78 is 19.2. The predicted molar refractivity (Wildman–Crippen MR) is 46.8 cm³/mol. The molecule has 0 spiro atoms. The molecule has 0 aromatic heterocycles. The van der Waals surface area contributed by atoms with Crippen molar-refractivity contribution in [1.82, 2.24) is 0 Å². The summed E-state index contributed by atoms with van der Waals surface area (Å²) in [7, 11) is -0.146. The van der Waals surface area contributed by atoms with Gasteiger partial charge in [-0.2, -0.15) is 4.89 Å². The maximum atomic E-state index is 11.0. The van der Waals surface area contributed by atoms with Gasteiger partial charge >= 0.3 is 20.0 Å². The highest BCUT2D eigenvalue weighted by Crippen LogP contribution is 2.21. The van der Waals surface area contributed by atoms with Crippen molar-refractivity contribution < 1.29 is 28.5 Å². The summed E-state index contributed by atoms with van der Waals surface area (Å²) in [5, 5.41) is 0. The highest BCUT2D eigenvalue weighted by Gasteiger charge is 2.31. The van der Waals surface area contributed by atoms with Gasteiger partial charge in [0, 0.05) is 0 Å². The monoisotopic (exact) mass is 223 g/mol. The number of hydrogen-bond donors (Lipinski definition) is 1. The zero-order valence-corrected chi connectivity index (χ0v) is 8.82. The van der Waals surface area contributed by atoms with E-state index in [4.69, 9.17) is 4.89 Å². The molecule has 0 saturated heterocycles. The zero-order chi connectivity index (χ0) is 11.1. The third kappa shape index (κ3) is 4.89. The number of esters is 2. The van der Waals surface area contributed by atoms with E-state index in [1.54, 1.807) is 0 Å². The molecule has 0 bridgehead atoms. The van der Waals surface area contributed by atoms with Gasteiger partial charge in [0.15, 0.2) is 6.16 Å². The Morgan fingerprint density at radius 2 is 1.93 bits per heavy atom. The molecule has 2 atom stereocenters. The van der Waals surface area contributed by atoms with E-state index in [2.05, 4.69) is 9.47 Å². The van der Waals surface area contributed by atoms with Crippen molar-refractivity contribution in [2.24, 2.45) is 5.92 Å². The minimum absolute atomic E-state index is 0.245. The van der Waals surface area contributed by atoms with Crippen LogP contribution in [0.25, 0.3) is 0 Å². The summed E-state index contributed by atoms with van der Waals surface area (Å²) in [6.45, 7) is 0. The first-order valence-corrected chi connectivity index (χ1v) is 5.19. The standard InChI is InChI=1S/C7H11O6P/c1-12-6(8)3-5(4-14(10)11)7(9)13-2/h5H,3-4H2,1-2H3/p+1/t5-/m1/s1. The molecule has 0 heterocycles. The fourth-order valence-electron chi connectivity index (χ4n) is 0.862. The Bertz CT molecular complexity index is 238. The SMILES string of the molecule is COC(=O)C[C@H](C[P+](=O)O)C(=O)OC. The van der Waals surface area contributed by atoms with E-state index < -0.39 is 25.9 Å². The van der Waals surface area contributed by atoms with Crippen LogP contribution in [0.15, 0.2) is 0 Å². The zero-order valence-electron chi connectivity index (χ0n) is 7.93. The van der Waals surface area contributed by atoms with Gasteiger partial charge in [0.05, 0.1) is 20.6 Å². The average Bonchev–Trinajstić information content (AvgIpc) is 2.14. The Balaban J connectivity index is 4.31. The van der Waals surface area contributed by atoms with E-state index >= 15 is 0 Å². The number of hydrogen-bond acceptors (Lipinski definition) is 5. The second-order valence-electron chi connectivity index (χ2n) is 2.54. The Kier molecular flexibility index (Phi) is 5.99. The van der Waals surface area contributed by atoms with Crippen molar-refractivity contribution in [2.45, 2.75) is 6.42 Å². The van der Waals surface area contributed by atoms with Gasteiger partial charge in [-0.1, -0.05) is 0 Å². The van der Waals surface area contributed by atoms with E-state index in [-0.39, 0.29) is 12.6 Å². The number of carbonyl (C=O) groups excluding carboxylic acids is 2. The van der Waals surface area contributed by atoms with Crippen LogP contribution in [0, 0.1) is 5.92 Å². The van der Waals surface area contributed by atoms with Gasteiger partial charge in [0.2, 0.25) is 0 Å². The van der Waals surface area contributed by atoms with Gasteiger partial charge in [-0.05, 0) is 4.57 Å². The van der Waals surface area contributed by atoms with Crippen LogP contribution in [-0.4, -0.2) is 37.2 Å². The summed E-state index contributed by atoms with van der Waals surface area (Å²) in [5.74, 6) is -2.22. The molecule has 0 radical (unpaired) electrons. The molecule has 80 valence electrons. The van der Waals surface area contributed by atoms with E-state index in [0.717, 1.165) is 7.11 Å². The van der Waals surface area contributed by atoms with Gasteiger partial charge in [0.1, 0.15) is 5.92 Å². The molecule has 0 aliphatic heterocycles. The minimum Gasteiger partial charge on any atom is -0.469 e. The molecule has 0 fully saturated rings. The van der Waals surface area contributed by atoms with Crippen molar-refractivity contribution in [1.29, 1.82) is 0 Å². The van der Waals surface area contributed by atoms with E-state index in [1.165, 1.54) is 7.11 Å². The van der Waals surface area contributed by atoms with Crippen molar-refractivity contribution in [3.63, 3.8) is 0 Å². The van der Waals surface area contributed by atoms with Crippen LogP contribution >= 0.6 is 8.03 Å². The van der Waals surface area contributed by atoms with Gasteiger partial charge in [-0.3, -0.25) is 9.59 Å². The fraction of sp³-hybridized carbons (Fsp3) is 0.714. The van der Waals surface area contributed by atoms with E-state index in [0.29, 0.717) is 0 Å². The second kappa shape index (κ2) is 6.45. The molecule has 1 unspecified atom stereocenters. The Labute approximate surface area is 82.1 Å². The number of methoxy groups -OCH3 is 2. The summed E-state index contributed by atoms with van der Waals surface area (Å²) in [4.78, 5) is 30.4. The first kappa shape index (κ1) is 13.0. The highest BCUT2D eigenvalue weighted by molar-refractivity contribution is 7.38. The van der Waals surface area contributed by atoms with Crippen LogP contribution < -0.4 is 0 Å². The molecular formula is C7H12O6P+. The summed E-state index contributed by atoms with van der Waals surface area (Å²) in [6, 6.07) is 0. The first-order chi connectivity index (χ1) is 6.51. The average molecular weight is 223 g/mol.